The largest absolute Gasteiger partial charge is 0.396 e. The van der Waals surface area contributed by atoms with Crippen LogP contribution >= 0.6 is 0 Å². The Morgan fingerprint density at radius 3 is 1.52 bits per heavy atom. The molecule has 0 aromatic rings. The molecular formula is C21H42O3S. The zero-order valence-electron chi connectivity index (χ0n) is 16.4. The second-order valence-corrected chi connectivity index (χ2v) is 10.4. The lowest BCUT2D eigenvalue weighted by Gasteiger charge is -2.24. The molecule has 3 nitrogen and oxygen atoms in total. The summed E-state index contributed by atoms with van der Waals surface area (Å²) in [5, 5.41) is 8.68. The van der Waals surface area contributed by atoms with E-state index >= 15 is 0 Å². The van der Waals surface area contributed by atoms with Crippen LogP contribution in [0.3, 0.4) is 0 Å². The summed E-state index contributed by atoms with van der Waals surface area (Å²) in [4.78, 5) is 0. The lowest BCUT2D eigenvalue weighted by Crippen LogP contribution is -2.12. The van der Waals surface area contributed by atoms with E-state index in [1.807, 2.05) is 0 Å². The smallest absolute Gasteiger partial charge is 0.150 e. The summed E-state index contributed by atoms with van der Waals surface area (Å²) in [5.41, 5.74) is 0. The van der Waals surface area contributed by atoms with E-state index in [-0.39, 0.29) is 12.4 Å². The molecule has 1 saturated carbocycles. The third kappa shape index (κ3) is 13.7. The average Bonchev–Trinajstić information content (AvgIpc) is 2.55. The van der Waals surface area contributed by atoms with Crippen LogP contribution in [0.15, 0.2) is 0 Å². The van der Waals surface area contributed by atoms with Gasteiger partial charge in [0.15, 0.2) is 0 Å². The maximum Gasteiger partial charge on any atom is 0.150 e. The maximum absolute atomic E-state index is 11.6. The van der Waals surface area contributed by atoms with Crippen LogP contribution in [0.1, 0.15) is 109 Å². The molecule has 0 aromatic heterocycles. The molecule has 150 valence electrons. The predicted octanol–water partition coefficient (Wildman–Crippen LogP) is 5.66. The minimum absolute atomic E-state index is 0.0281. The highest BCUT2D eigenvalue weighted by molar-refractivity contribution is 7.91. The number of aliphatic hydroxyl groups excluding tert-OH is 1. The fraction of sp³-hybridized carbons (Fsp3) is 1.00. The molecule has 1 aliphatic rings. The lowest BCUT2D eigenvalue weighted by atomic mass is 9.81. The van der Waals surface area contributed by atoms with Crippen molar-refractivity contribution < 1.29 is 13.5 Å². The molecule has 1 rings (SSSR count). The Labute approximate surface area is 156 Å². The van der Waals surface area contributed by atoms with Crippen LogP contribution in [0.4, 0.5) is 0 Å². The van der Waals surface area contributed by atoms with Crippen molar-refractivity contribution in [1.29, 1.82) is 0 Å². The number of hydrogen-bond acceptors (Lipinski definition) is 3. The summed E-state index contributed by atoms with van der Waals surface area (Å²) in [6.07, 6.45) is 21.7. The molecule has 0 atom stereocenters. The van der Waals surface area contributed by atoms with E-state index in [0.717, 1.165) is 25.2 Å². The van der Waals surface area contributed by atoms with Crippen molar-refractivity contribution in [3.63, 3.8) is 0 Å². The van der Waals surface area contributed by atoms with Crippen molar-refractivity contribution in [3.8, 4) is 0 Å². The Morgan fingerprint density at radius 1 is 0.640 bits per heavy atom. The van der Waals surface area contributed by atoms with Gasteiger partial charge in [0.05, 0.1) is 11.5 Å². The first kappa shape index (κ1) is 23.0. The van der Waals surface area contributed by atoms with Gasteiger partial charge in [-0.25, -0.2) is 8.42 Å². The van der Waals surface area contributed by atoms with Crippen molar-refractivity contribution in [2.45, 2.75) is 109 Å². The van der Waals surface area contributed by atoms with E-state index in [0.29, 0.717) is 12.2 Å². The molecule has 1 fully saturated rings. The van der Waals surface area contributed by atoms with Gasteiger partial charge in [-0.05, 0) is 18.8 Å². The van der Waals surface area contributed by atoms with E-state index in [4.69, 9.17) is 5.11 Å². The van der Waals surface area contributed by atoms with E-state index in [9.17, 15) is 8.42 Å². The minimum Gasteiger partial charge on any atom is -0.396 e. The fourth-order valence-electron chi connectivity index (χ4n) is 3.69. The minimum atomic E-state index is -2.92. The highest BCUT2D eigenvalue weighted by atomic mass is 32.2. The monoisotopic (exact) mass is 374 g/mol. The van der Waals surface area contributed by atoms with Crippen LogP contribution in [0.25, 0.3) is 0 Å². The van der Waals surface area contributed by atoms with E-state index in [1.165, 1.54) is 83.5 Å². The standard InChI is InChI=1S/C21H42O3S/c22-18-14-20-25(23,24)19-12-10-8-6-4-2-1-3-5-7-9-11-15-21-16-13-17-21/h21-22H,1-20H2. The Kier molecular flexibility index (Phi) is 13.8. The molecule has 1 N–H and O–H groups in total. The summed E-state index contributed by atoms with van der Waals surface area (Å²) in [6.45, 7) is -0.0281. The molecule has 25 heavy (non-hydrogen) atoms. The SMILES string of the molecule is O=S(=O)(CCCO)CCCCCCCCCCCCCCC1CCC1. The molecule has 0 unspecified atom stereocenters. The molecule has 0 saturated heterocycles. The third-order valence-corrected chi connectivity index (χ3v) is 7.48. The molecule has 4 heteroatoms. The first-order chi connectivity index (χ1) is 12.1. The summed E-state index contributed by atoms with van der Waals surface area (Å²) < 4.78 is 23.3. The quantitative estimate of drug-likeness (QED) is 0.315. The zero-order valence-corrected chi connectivity index (χ0v) is 17.2. The van der Waals surface area contributed by atoms with Gasteiger partial charge in [-0.15, -0.1) is 0 Å². The van der Waals surface area contributed by atoms with Crippen molar-refractivity contribution in [2.24, 2.45) is 5.92 Å². The molecular weight excluding hydrogens is 332 g/mol. The van der Waals surface area contributed by atoms with Gasteiger partial charge in [0.2, 0.25) is 0 Å². The molecule has 0 amide bonds. The fourth-order valence-corrected chi connectivity index (χ4v) is 5.11. The van der Waals surface area contributed by atoms with Crippen LogP contribution in [0, 0.1) is 5.92 Å². The highest BCUT2D eigenvalue weighted by Crippen LogP contribution is 2.31. The normalized spacial score (nSPS) is 15.4. The summed E-state index contributed by atoms with van der Waals surface area (Å²) in [5.74, 6) is 1.53. The molecule has 0 heterocycles. The van der Waals surface area contributed by atoms with Crippen LogP contribution in [0.5, 0.6) is 0 Å². The Bertz CT molecular complexity index is 388. The van der Waals surface area contributed by atoms with Gasteiger partial charge in [-0.3, -0.25) is 0 Å². The van der Waals surface area contributed by atoms with Gasteiger partial charge >= 0.3 is 0 Å². The maximum atomic E-state index is 11.6. The lowest BCUT2D eigenvalue weighted by molar-refractivity contribution is 0.286. The summed E-state index contributed by atoms with van der Waals surface area (Å²) in [7, 11) is -2.92. The second kappa shape index (κ2) is 15.0. The second-order valence-electron chi connectivity index (χ2n) is 8.06. The third-order valence-electron chi connectivity index (χ3n) is 5.66. The van der Waals surface area contributed by atoms with Gasteiger partial charge < -0.3 is 5.11 Å². The molecule has 1 aliphatic carbocycles. The first-order valence-electron chi connectivity index (χ1n) is 11.0. The van der Waals surface area contributed by atoms with Gasteiger partial charge in [0.1, 0.15) is 9.84 Å². The Morgan fingerprint density at radius 2 is 1.08 bits per heavy atom. The van der Waals surface area contributed by atoms with Gasteiger partial charge in [0, 0.05) is 6.61 Å². The average molecular weight is 375 g/mol. The van der Waals surface area contributed by atoms with Crippen LogP contribution in [-0.4, -0.2) is 31.6 Å². The van der Waals surface area contributed by atoms with Crippen LogP contribution in [0.2, 0.25) is 0 Å². The topological polar surface area (TPSA) is 54.4 Å². The van der Waals surface area contributed by atoms with E-state index < -0.39 is 9.84 Å². The van der Waals surface area contributed by atoms with Crippen LogP contribution in [-0.2, 0) is 9.84 Å². The number of rotatable bonds is 18. The summed E-state index contributed by atoms with van der Waals surface area (Å²) >= 11 is 0. The summed E-state index contributed by atoms with van der Waals surface area (Å²) in [6, 6.07) is 0. The van der Waals surface area contributed by atoms with Gasteiger partial charge in [-0.1, -0.05) is 96.3 Å². The number of aliphatic hydroxyl groups is 1. The van der Waals surface area contributed by atoms with E-state index in [2.05, 4.69) is 0 Å². The Hall–Kier alpha value is -0.0900. The number of hydrogen-bond donors (Lipinski definition) is 1. The Balaban J connectivity index is 1.72. The van der Waals surface area contributed by atoms with E-state index in [1.54, 1.807) is 0 Å². The van der Waals surface area contributed by atoms with Crippen molar-refractivity contribution in [2.75, 3.05) is 18.1 Å². The molecule has 0 spiro atoms. The van der Waals surface area contributed by atoms with Gasteiger partial charge in [0.25, 0.3) is 0 Å². The molecule has 0 aromatic carbocycles. The number of unbranched alkanes of at least 4 members (excludes halogenated alkanes) is 11. The highest BCUT2D eigenvalue weighted by Gasteiger charge is 2.15. The predicted molar refractivity (Wildman–Crippen MR) is 108 cm³/mol. The van der Waals surface area contributed by atoms with Gasteiger partial charge in [-0.2, -0.15) is 0 Å². The van der Waals surface area contributed by atoms with Crippen molar-refractivity contribution >= 4 is 9.84 Å². The van der Waals surface area contributed by atoms with Crippen molar-refractivity contribution in [3.05, 3.63) is 0 Å². The van der Waals surface area contributed by atoms with Crippen LogP contribution < -0.4 is 0 Å². The molecule has 0 aliphatic heterocycles. The van der Waals surface area contributed by atoms with Crippen molar-refractivity contribution in [1.82, 2.24) is 0 Å². The number of sulfone groups is 1. The molecule has 0 bridgehead atoms. The first-order valence-corrected chi connectivity index (χ1v) is 12.8. The molecule has 0 radical (unpaired) electrons. The zero-order chi connectivity index (χ0) is 18.2.